The SMILES string of the molecule is CCCCN(CCO)C(=O)c1cc(O)ccc1N. The molecule has 5 nitrogen and oxygen atoms in total. The Morgan fingerprint density at radius 2 is 2.11 bits per heavy atom. The summed E-state index contributed by atoms with van der Waals surface area (Å²) in [6, 6.07) is 4.29. The number of nitrogens with two attached hydrogens (primary N) is 1. The van der Waals surface area contributed by atoms with Crippen molar-refractivity contribution in [2.45, 2.75) is 19.8 Å². The fourth-order valence-electron chi connectivity index (χ4n) is 1.68. The van der Waals surface area contributed by atoms with E-state index >= 15 is 0 Å². The molecule has 5 heteroatoms. The number of carbonyl (C=O) groups is 1. The van der Waals surface area contributed by atoms with Crippen LogP contribution in [0.1, 0.15) is 30.1 Å². The number of amides is 1. The highest BCUT2D eigenvalue weighted by molar-refractivity contribution is 5.99. The largest absolute Gasteiger partial charge is 0.508 e. The van der Waals surface area contributed by atoms with Gasteiger partial charge in [-0.1, -0.05) is 13.3 Å². The number of aliphatic hydroxyl groups excluding tert-OH is 1. The highest BCUT2D eigenvalue weighted by atomic mass is 16.3. The Kier molecular flexibility index (Phi) is 5.45. The maximum Gasteiger partial charge on any atom is 0.256 e. The second kappa shape index (κ2) is 6.86. The van der Waals surface area contributed by atoms with Crippen molar-refractivity contribution >= 4 is 11.6 Å². The molecule has 1 rings (SSSR count). The van der Waals surface area contributed by atoms with E-state index in [1.165, 1.54) is 18.2 Å². The lowest BCUT2D eigenvalue weighted by atomic mass is 10.1. The van der Waals surface area contributed by atoms with Crippen LogP contribution in [-0.4, -0.2) is 40.7 Å². The van der Waals surface area contributed by atoms with Crippen molar-refractivity contribution in [3.8, 4) is 5.75 Å². The minimum atomic E-state index is -0.258. The Balaban J connectivity index is 2.90. The monoisotopic (exact) mass is 252 g/mol. The molecule has 1 aromatic rings. The van der Waals surface area contributed by atoms with Gasteiger partial charge >= 0.3 is 0 Å². The number of aliphatic hydroxyl groups is 1. The third kappa shape index (κ3) is 3.63. The van der Waals surface area contributed by atoms with Crippen molar-refractivity contribution in [3.05, 3.63) is 23.8 Å². The molecule has 0 unspecified atom stereocenters. The van der Waals surface area contributed by atoms with Gasteiger partial charge in [-0.15, -0.1) is 0 Å². The van der Waals surface area contributed by atoms with Crippen molar-refractivity contribution in [1.29, 1.82) is 0 Å². The molecule has 0 atom stereocenters. The molecular weight excluding hydrogens is 232 g/mol. The van der Waals surface area contributed by atoms with E-state index in [1.807, 2.05) is 6.92 Å². The highest BCUT2D eigenvalue weighted by Gasteiger charge is 2.17. The quantitative estimate of drug-likeness (QED) is 0.524. The standard InChI is InChI=1S/C13H20N2O3/c1-2-3-6-15(7-8-16)13(18)11-9-10(17)4-5-12(11)14/h4-5,9,16-17H,2-3,6-8,14H2,1H3. The van der Waals surface area contributed by atoms with Crippen LogP contribution in [0.15, 0.2) is 18.2 Å². The number of benzene rings is 1. The zero-order valence-electron chi connectivity index (χ0n) is 10.6. The van der Waals surface area contributed by atoms with Crippen LogP contribution in [-0.2, 0) is 0 Å². The number of phenols is 1. The van der Waals surface area contributed by atoms with Gasteiger partial charge < -0.3 is 20.8 Å². The van der Waals surface area contributed by atoms with Crippen LogP contribution in [0.25, 0.3) is 0 Å². The fraction of sp³-hybridized carbons (Fsp3) is 0.462. The summed E-state index contributed by atoms with van der Waals surface area (Å²) in [4.78, 5) is 13.8. The van der Waals surface area contributed by atoms with E-state index in [0.717, 1.165) is 12.8 Å². The molecule has 1 amide bonds. The van der Waals surface area contributed by atoms with Crippen molar-refractivity contribution in [2.24, 2.45) is 0 Å². The van der Waals surface area contributed by atoms with Crippen LogP contribution >= 0.6 is 0 Å². The first-order valence-electron chi connectivity index (χ1n) is 6.08. The normalized spacial score (nSPS) is 10.3. The van der Waals surface area contributed by atoms with Gasteiger partial charge in [-0.3, -0.25) is 4.79 Å². The Morgan fingerprint density at radius 3 is 2.72 bits per heavy atom. The molecule has 0 spiro atoms. The third-order valence-corrected chi connectivity index (χ3v) is 2.71. The summed E-state index contributed by atoms with van der Waals surface area (Å²) in [5.41, 5.74) is 6.34. The average molecular weight is 252 g/mol. The first-order chi connectivity index (χ1) is 8.60. The number of anilines is 1. The van der Waals surface area contributed by atoms with E-state index in [4.69, 9.17) is 10.8 Å². The summed E-state index contributed by atoms with van der Waals surface area (Å²) in [5.74, 6) is -0.252. The summed E-state index contributed by atoms with van der Waals surface area (Å²) in [7, 11) is 0. The molecule has 0 aromatic heterocycles. The van der Waals surface area contributed by atoms with Crippen LogP contribution in [0, 0.1) is 0 Å². The van der Waals surface area contributed by atoms with Crippen LogP contribution in [0.4, 0.5) is 5.69 Å². The first kappa shape index (κ1) is 14.3. The predicted octanol–water partition coefficient (Wildman–Crippen LogP) is 1.21. The molecule has 0 heterocycles. The van der Waals surface area contributed by atoms with Crippen molar-refractivity contribution in [1.82, 2.24) is 4.90 Å². The zero-order chi connectivity index (χ0) is 13.5. The van der Waals surface area contributed by atoms with E-state index in [-0.39, 0.29) is 30.4 Å². The van der Waals surface area contributed by atoms with E-state index < -0.39 is 0 Å². The molecule has 18 heavy (non-hydrogen) atoms. The lowest BCUT2D eigenvalue weighted by molar-refractivity contribution is 0.0720. The molecular formula is C13H20N2O3. The van der Waals surface area contributed by atoms with Gasteiger partial charge in [0.1, 0.15) is 5.75 Å². The van der Waals surface area contributed by atoms with Crippen molar-refractivity contribution in [2.75, 3.05) is 25.4 Å². The van der Waals surface area contributed by atoms with Gasteiger partial charge in [0.25, 0.3) is 5.91 Å². The van der Waals surface area contributed by atoms with Gasteiger partial charge in [-0.2, -0.15) is 0 Å². The number of hydrogen-bond donors (Lipinski definition) is 3. The lowest BCUT2D eigenvalue weighted by Crippen LogP contribution is -2.34. The van der Waals surface area contributed by atoms with Crippen LogP contribution < -0.4 is 5.73 Å². The minimum Gasteiger partial charge on any atom is -0.508 e. The minimum absolute atomic E-state index is 0.00647. The third-order valence-electron chi connectivity index (χ3n) is 2.71. The van der Waals surface area contributed by atoms with Crippen molar-refractivity contribution < 1.29 is 15.0 Å². The number of unbranched alkanes of at least 4 members (excludes halogenated alkanes) is 1. The number of carbonyl (C=O) groups excluding carboxylic acids is 1. The molecule has 0 saturated carbocycles. The molecule has 0 bridgehead atoms. The second-order valence-corrected chi connectivity index (χ2v) is 4.14. The molecule has 0 radical (unpaired) electrons. The van der Waals surface area contributed by atoms with Gasteiger partial charge in [-0.05, 0) is 24.6 Å². The van der Waals surface area contributed by atoms with Gasteiger partial charge in [0, 0.05) is 18.8 Å². The van der Waals surface area contributed by atoms with Gasteiger partial charge in [-0.25, -0.2) is 0 Å². The van der Waals surface area contributed by atoms with E-state index in [2.05, 4.69) is 0 Å². The van der Waals surface area contributed by atoms with E-state index in [9.17, 15) is 9.90 Å². The van der Waals surface area contributed by atoms with E-state index in [0.29, 0.717) is 12.2 Å². The predicted molar refractivity (Wildman–Crippen MR) is 70.4 cm³/mol. The average Bonchev–Trinajstić information content (AvgIpc) is 2.36. The molecule has 0 saturated heterocycles. The lowest BCUT2D eigenvalue weighted by Gasteiger charge is -2.22. The molecule has 100 valence electrons. The number of aromatic hydroxyl groups is 1. The van der Waals surface area contributed by atoms with Crippen LogP contribution in [0.5, 0.6) is 5.75 Å². The summed E-state index contributed by atoms with van der Waals surface area (Å²) < 4.78 is 0. The highest BCUT2D eigenvalue weighted by Crippen LogP contribution is 2.20. The van der Waals surface area contributed by atoms with Gasteiger partial charge in [0.05, 0.1) is 12.2 Å². The topological polar surface area (TPSA) is 86.8 Å². The van der Waals surface area contributed by atoms with Crippen LogP contribution in [0.3, 0.4) is 0 Å². The summed E-state index contributed by atoms with van der Waals surface area (Å²) in [6.45, 7) is 2.79. The number of hydrogen-bond acceptors (Lipinski definition) is 4. The van der Waals surface area contributed by atoms with Crippen molar-refractivity contribution in [3.63, 3.8) is 0 Å². The zero-order valence-corrected chi connectivity index (χ0v) is 10.6. The molecule has 0 aliphatic heterocycles. The Hall–Kier alpha value is -1.75. The molecule has 0 fully saturated rings. The summed E-state index contributed by atoms with van der Waals surface area (Å²) >= 11 is 0. The molecule has 4 N–H and O–H groups in total. The van der Waals surface area contributed by atoms with Crippen LogP contribution in [0.2, 0.25) is 0 Å². The number of nitrogens with zero attached hydrogens (tertiary/aromatic N) is 1. The fourth-order valence-corrected chi connectivity index (χ4v) is 1.68. The smallest absolute Gasteiger partial charge is 0.256 e. The van der Waals surface area contributed by atoms with Gasteiger partial charge in [0.15, 0.2) is 0 Å². The Bertz CT molecular complexity index is 407. The Morgan fingerprint density at radius 1 is 1.39 bits per heavy atom. The maximum absolute atomic E-state index is 12.2. The first-order valence-corrected chi connectivity index (χ1v) is 6.08. The number of nitrogen functional groups attached to an aromatic ring is 1. The summed E-state index contributed by atoms with van der Waals surface area (Å²) in [6.07, 6.45) is 1.83. The Labute approximate surface area is 107 Å². The van der Waals surface area contributed by atoms with E-state index in [1.54, 1.807) is 4.90 Å². The number of rotatable bonds is 6. The maximum atomic E-state index is 12.2. The van der Waals surface area contributed by atoms with Gasteiger partial charge in [0.2, 0.25) is 0 Å². The molecule has 0 aliphatic rings. The molecule has 1 aromatic carbocycles. The second-order valence-electron chi connectivity index (χ2n) is 4.14. The number of phenolic OH excluding ortho intramolecular Hbond substituents is 1. The molecule has 0 aliphatic carbocycles. The summed E-state index contributed by atoms with van der Waals surface area (Å²) in [5, 5.41) is 18.4.